The van der Waals surface area contributed by atoms with E-state index in [1.165, 1.54) is 18.3 Å². The average Bonchev–Trinajstić information content (AvgIpc) is 3.75. The molecular weight excluding hydrogens is 459 g/mol. The van der Waals surface area contributed by atoms with Gasteiger partial charge in [-0.3, -0.25) is 9.78 Å². The van der Waals surface area contributed by atoms with Crippen molar-refractivity contribution in [3.63, 3.8) is 0 Å². The molecule has 2 aromatic carbocycles. The summed E-state index contributed by atoms with van der Waals surface area (Å²) in [4.78, 5) is 19.6. The number of alkyl halides is 3. The van der Waals surface area contributed by atoms with Crippen LogP contribution in [0.1, 0.15) is 42.0 Å². The van der Waals surface area contributed by atoms with E-state index in [-0.39, 0.29) is 18.0 Å². The molecule has 2 saturated carbocycles. The fourth-order valence-corrected chi connectivity index (χ4v) is 4.02. The second-order valence-corrected chi connectivity index (χ2v) is 9.12. The number of nitrogens with zero attached hydrogens (tertiary/aromatic N) is 2. The lowest BCUT2D eigenvalue weighted by molar-refractivity contribution is -0.139. The lowest BCUT2D eigenvalue weighted by Crippen LogP contribution is -2.09. The van der Waals surface area contributed by atoms with Crippen LogP contribution < -0.4 is 10.1 Å². The number of carboxylic acid groups (broad SMARTS) is 1. The Bertz CT molecular complexity index is 1210. The Morgan fingerprint density at radius 1 is 1.09 bits per heavy atom. The summed E-state index contributed by atoms with van der Waals surface area (Å²) in [5.74, 6) is 0.337. The second-order valence-electron chi connectivity index (χ2n) is 9.12. The lowest BCUT2D eigenvalue weighted by atomic mass is 9.96. The van der Waals surface area contributed by atoms with Gasteiger partial charge in [-0.05, 0) is 66.1 Å². The van der Waals surface area contributed by atoms with Crippen LogP contribution in [0.2, 0.25) is 0 Å². The van der Waals surface area contributed by atoms with Gasteiger partial charge in [0.05, 0.1) is 36.2 Å². The number of aliphatic carboxylic acids is 1. The van der Waals surface area contributed by atoms with E-state index in [9.17, 15) is 18.0 Å². The number of ether oxygens (including phenoxy) is 1. The van der Waals surface area contributed by atoms with Gasteiger partial charge in [-0.1, -0.05) is 18.2 Å². The van der Waals surface area contributed by atoms with Crippen LogP contribution in [0.25, 0.3) is 11.1 Å². The highest BCUT2D eigenvalue weighted by atomic mass is 19.4. The summed E-state index contributed by atoms with van der Waals surface area (Å²) in [7, 11) is 0. The molecule has 0 unspecified atom stereocenters. The van der Waals surface area contributed by atoms with E-state index in [0.717, 1.165) is 18.9 Å². The highest BCUT2D eigenvalue weighted by molar-refractivity contribution is 5.75. The zero-order valence-electron chi connectivity index (χ0n) is 18.8. The molecule has 3 aromatic rings. The van der Waals surface area contributed by atoms with Crippen LogP contribution in [0.15, 0.2) is 54.9 Å². The second kappa shape index (κ2) is 9.20. The van der Waals surface area contributed by atoms with Crippen molar-refractivity contribution < 1.29 is 27.8 Å². The molecule has 9 heteroatoms. The molecular formula is C26H24F3N3O3. The maximum absolute atomic E-state index is 13.7. The van der Waals surface area contributed by atoms with Gasteiger partial charge in [0.15, 0.2) is 0 Å². The van der Waals surface area contributed by atoms with Crippen molar-refractivity contribution in [2.45, 2.75) is 37.9 Å². The predicted molar refractivity (Wildman–Crippen MR) is 123 cm³/mol. The van der Waals surface area contributed by atoms with Crippen molar-refractivity contribution in [1.29, 1.82) is 0 Å². The highest BCUT2D eigenvalue weighted by Crippen LogP contribution is 2.46. The molecule has 0 spiro atoms. The number of carbonyl (C=O) groups is 1. The van der Waals surface area contributed by atoms with Gasteiger partial charge in [0, 0.05) is 12.5 Å². The smallest absolute Gasteiger partial charge is 0.417 e. The molecule has 2 fully saturated rings. The van der Waals surface area contributed by atoms with Crippen LogP contribution in [0.4, 0.5) is 19.0 Å². The van der Waals surface area contributed by atoms with Gasteiger partial charge in [0.1, 0.15) is 11.6 Å². The van der Waals surface area contributed by atoms with Gasteiger partial charge in [-0.2, -0.15) is 13.2 Å². The molecule has 35 heavy (non-hydrogen) atoms. The summed E-state index contributed by atoms with van der Waals surface area (Å²) < 4.78 is 46.8. The minimum atomic E-state index is -4.49. The molecule has 1 heterocycles. The highest BCUT2D eigenvalue weighted by Gasteiger charge is 2.45. The van der Waals surface area contributed by atoms with Gasteiger partial charge >= 0.3 is 12.1 Å². The van der Waals surface area contributed by atoms with Gasteiger partial charge < -0.3 is 15.2 Å². The van der Waals surface area contributed by atoms with Gasteiger partial charge in [0.2, 0.25) is 0 Å². The molecule has 5 rings (SSSR count). The van der Waals surface area contributed by atoms with Gasteiger partial charge in [-0.25, -0.2) is 4.98 Å². The van der Waals surface area contributed by atoms with Crippen LogP contribution in [0.3, 0.4) is 0 Å². The Morgan fingerprint density at radius 2 is 1.86 bits per heavy atom. The molecule has 182 valence electrons. The van der Waals surface area contributed by atoms with Crippen molar-refractivity contribution in [2.75, 3.05) is 11.9 Å². The number of anilines is 1. The van der Waals surface area contributed by atoms with Crippen LogP contribution in [-0.4, -0.2) is 27.7 Å². The predicted octanol–water partition coefficient (Wildman–Crippen LogP) is 5.75. The van der Waals surface area contributed by atoms with Crippen molar-refractivity contribution in [1.82, 2.24) is 9.97 Å². The number of nitrogens with one attached hydrogen (secondary N) is 1. The molecule has 2 atom stereocenters. The first-order valence-corrected chi connectivity index (χ1v) is 11.5. The number of aromatic nitrogens is 2. The molecule has 2 aliphatic rings. The van der Waals surface area contributed by atoms with Crippen LogP contribution in [0.5, 0.6) is 5.75 Å². The first kappa shape index (κ1) is 23.1. The molecule has 0 aliphatic heterocycles. The zero-order valence-corrected chi connectivity index (χ0v) is 18.8. The van der Waals surface area contributed by atoms with Crippen LogP contribution in [-0.2, 0) is 17.5 Å². The van der Waals surface area contributed by atoms with Crippen molar-refractivity contribution in [3.05, 3.63) is 71.7 Å². The average molecular weight is 483 g/mol. The number of hydrogen-bond donors (Lipinski definition) is 2. The first-order valence-electron chi connectivity index (χ1n) is 11.5. The molecule has 0 amide bonds. The minimum Gasteiger partial charge on any atom is -0.493 e. The van der Waals surface area contributed by atoms with Crippen molar-refractivity contribution in [2.24, 2.45) is 11.8 Å². The van der Waals surface area contributed by atoms with Crippen LogP contribution >= 0.6 is 0 Å². The summed E-state index contributed by atoms with van der Waals surface area (Å²) in [5, 5.41) is 12.1. The standard InChI is InChI=1S/C26H24F3N3O3/c27-26(28,29)22-8-3-16(9-19(22)17-4-6-18(7-5-17)35-14-15-1-2-15)11-31-24-13-30-23(12-32-24)20-10-21(20)25(33)34/h3-9,12-13,15,20-21H,1-2,10-11,14H2,(H,31,32)(H,33,34)/t20-,21-/m0/s1. The third-order valence-corrected chi connectivity index (χ3v) is 6.37. The molecule has 1 aromatic heterocycles. The molecule has 2 aliphatic carbocycles. The number of hydrogen-bond acceptors (Lipinski definition) is 5. The molecule has 0 saturated heterocycles. The summed E-state index contributed by atoms with van der Waals surface area (Å²) in [6.45, 7) is 0.891. The van der Waals surface area contributed by atoms with E-state index in [0.29, 0.717) is 47.3 Å². The Kier molecular flexibility index (Phi) is 6.08. The van der Waals surface area contributed by atoms with E-state index < -0.39 is 23.6 Å². The normalized spacial score (nSPS) is 19.3. The Balaban J connectivity index is 1.29. The quantitative estimate of drug-likeness (QED) is 0.403. The van der Waals surface area contributed by atoms with E-state index in [2.05, 4.69) is 15.3 Å². The molecule has 6 nitrogen and oxygen atoms in total. The molecule has 0 bridgehead atoms. The fraction of sp³-hybridized carbons (Fsp3) is 0.346. The number of carboxylic acids is 1. The Morgan fingerprint density at radius 3 is 2.46 bits per heavy atom. The summed E-state index contributed by atoms with van der Waals surface area (Å²) >= 11 is 0. The lowest BCUT2D eigenvalue weighted by Gasteiger charge is -2.16. The maximum atomic E-state index is 13.7. The van der Waals surface area contributed by atoms with E-state index >= 15 is 0 Å². The van der Waals surface area contributed by atoms with Crippen molar-refractivity contribution >= 4 is 11.8 Å². The largest absolute Gasteiger partial charge is 0.493 e. The number of benzene rings is 2. The summed E-state index contributed by atoms with van der Waals surface area (Å²) in [5.41, 5.74) is 1.14. The third kappa shape index (κ3) is 5.55. The SMILES string of the molecule is O=C(O)[C@H]1C[C@@H]1c1cnc(NCc2ccc(C(F)(F)F)c(-c3ccc(OCC4CC4)cc3)c2)cn1. The number of rotatable bonds is 9. The Hall–Kier alpha value is -3.62. The Labute approximate surface area is 200 Å². The molecule has 0 radical (unpaired) electrons. The third-order valence-electron chi connectivity index (χ3n) is 6.37. The van der Waals surface area contributed by atoms with E-state index in [1.807, 2.05) is 0 Å². The summed E-state index contributed by atoms with van der Waals surface area (Å²) in [6.07, 6.45) is 1.45. The van der Waals surface area contributed by atoms with E-state index in [1.54, 1.807) is 30.5 Å². The van der Waals surface area contributed by atoms with Crippen molar-refractivity contribution in [3.8, 4) is 16.9 Å². The zero-order chi connectivity index (χ0) is 24.6. The van der Waals surface area contributed by atoms with Gasteiger partial charge in [0.25, 0.3) is 0 Å². The topological polar surface area (TPSA) is 84.3 Å². The summed E-state index contributed by atoms with van der Waals surface area (Å²) in [6, 6.07) is 10.8. The van der Waals surface area contributed by atoms with E-state index in [4.69, 9.17) is 9.84 Å². The van der Waals surface area contributed by atoms with Crippen LogP contribution in [0, 0.1) is 11.8 Å². The first-order chi connectivity index (χ1) is 16.8. The number of halogens is 3. The monoisotopic (exact) mass is 483 g/mol. The maximum Gasteiger partial charge on any atom is 0.417 e. The van der Waals surface area contributed by atoms with Gasteiger partial charge in [-0.15, -0.1) is 0 Å². The fourth-order valence-electron chi connectivity index (χ4n) is 4.02. The molecule has 2 N–H and O–H groups in total. The minimum absolute atomic E-state index is 0.0976.